The predicted molar refractivity (Wildman–Crippen MR) is 232 cm³/mol. The first-order valence-corrected chi connectivity index (χ1v) is 19.1. The number of furan rings is 1. The number of hydrogen-bond acceptors (Lipinski definition) is 4. The van der Waals surface area contributed by atoms with Crippen molar-refractivity contribution >= 4 is 65.6 Å². The molecule has 8 aromatic carbocycles. The molecule has 12 aromatic rings. The second-order valence-electron chi connectivity index (χ2n) is 14.4. The molecule has 0 saturated heterocycles. The molecular formula is C51H31N5O. The lowest BCUT2D eigenvalue weighted by atomic mass is 10.1. The molecule has 266 valence electrons. The minimum Gasteiger partial charge on any atom is -0.456 e. The molecule has 0 saturated carbocycles. The van der Waals surface area contributed by atoms with E-state index in [1.54, 1.807) is 0 Å². The van der Waals surface area contributed by atoms with Gasteiger partial charge in [-0.1, -0.05) is 127 Å². The van der Waals surface area contributed by atoms with Crippen LogP contribution in [0.4, 0.5) is 0 Å². The number of para-hydroxylation sites is 3. The van der Waals surface area contributed by atoms with E-state index >= 15 is 0 Å². The lowest BCUT2D eigenvalue weighted by Gasteiger charge is -2.11. The van der Waals surface area contributed by atoms with Crippen molar-refractivity contribution in [3.8, 4) is 45.5 Å². The van der Waals surface area contributed by atoms with Crippen LogP contribution in [0.1, 0.15) is 0 Å². The first-order chi connectivity index (χ1) is 28.3. The Morgan fingerprint density at radius 2 is 0.825 bits per heavy atom. The van der Waals surface area contributed by atoms with Crippen LogP contribution in [0.15, 0.2) is 192 Å². The molecule has 0 fully saturated rings. The Morgan fingerprint density at radius 1 is 0.333 bits per heavy atom. The molecule has 0 amide bonds. The summed E-state index contributed by atoms with van der Waals surface area (Å²) in [5.41, 5.74) is 11.2. The molecule has 6 nitrogen and oxygen atoms in total. The monoisotopic (exact) mass is 729 g/mol. The fourth-order valence-electron chi connectivity index (χ4n) is 8.63. The highest BCUT2D eigenvalue weighted by molar-refractivity contribution is 6.16. The highest BCUT2D eigenvalue weighted by Gasteiger charge is 2.20. The lowest BCUT2D eigenvalue weighted by molar-refractivity contribution is 0.668. The average Bonchev–Trinajstić information content (AvgIpc) is 3.94. The molecule has 4 heterocycles. The maximum atomic E-state index is 6.70. The van der Waals surface area contributed by atoms with Crippen molar-refractivity contribution in [3.05, 3.63) is 188 Å². The van der Waals surface area contributed by atoms with Crippen LogP contribution < -0.4 is 0 Å². The third-order valence-electron chi connectivity index (χ3n) is 11.2. The molecule has 0 N–H and O–H groups in total. The maximum absolute atomic E-state index is 6.70. The van der Waals surface area contributed by atoms with Crippen molar-refractivity contribution in [3.63, 3.8) is 0 Å². The summed E-state index contributed by atoms with van der Waals surface area (Å²) in [6, 6.07) is 65.6. The summed E-state index contributed by atoms with van der Waals surface area (Å²) in [5.74, 6) is 1.85. The summed E-state index contributed by atoms with van der Waals surface area (Å²) < 4.78 is 11.5. The Labute approximate surface area is 326 Å². The van der Waals surface area contributed by atoms with E-state index < -0.39 is 0 Å². The van der Waals surface area contributed by atoms with Crippen LogP contribution >= 0.6 is 0 Å². The van der Waals surface area contributed by atoms with Gasteiger partial charge in [-0.2, -0.15) is 0 Å². The van der Waals surface area contributed by atoms with Crippen LogP contribution in [-0.4, -0.2) is 24.1 Å². The number of hydrogen-bond donors (Lipinski definition) is 0. The van der Waals surface area contributed by atoms with Gasteiger partial charge < -0.3 is 13.6 Å². The van der Waals surface area contributed by atoms with Crippen molar-refractivity contribution < 1.29 is 4.42 Å². The van der Waals surface area contributed by atoms with E-state index in [-0.39, 0.29) is 0 Å². The van der Waals surface area contributed by atoms with Crippen LogP contribution in [0.25, 0.3) is 111 Å². The van der Waals surface area contributed by atoms with E-state index in [1.807, 2.05) is 66.7 Å². The second kappa shape index (κ2) is 12.3. The van der Waals surface area contributed by atoms with Gasteiger partial charge in [0, 0.05) is 60.8 Å². The molecule has 0 atom stereocenters. The van der Waals surface area contributed by atoms with Gasteiger partial charge in [0.25, 0.3) is 0 Å². The van der Waals surface area contributed by atoms with E-state index in [1.165, 1.54) is 32.6 Å². The summed E-state index contributed by atoms with van der Waals surface area (Å²) in [4.78, 5) is 14.8. The number of nitrogens with zero attached hydrogens (tertiary/aromatic N) is 5. The Kier molecular flexibility index (Phi) is 6.83. The molecule has 57 heavy (non-hydrogen) atoms. The first kappa shape index (κ1) is 31.5. The van der Waals surface area contributed by atoms with Crippen LogP contribution in [0.2, 0.25) is 0 Å². The van der Waals surface area contributed by atoms with E-state index in [0.29, 0.717) is 17.5 Å². The van der Waals surface area contributed by atoms with Gasteiger partial charge in [0.2, 0.25) is 0 Å². The Bertz CT molecular complexity index is 3410. The fraction of sp³-hybridized carbons (Fsp3) is 0. The number of rotatable bonds is 5. The van der Waals surface area contributed by atoms with Crippen LogP contribution in [0, 0.1) is 0 Å². The van der Waals surface area contributed by atoms with E-state index in [2.05, 4.69) is 130 Å². The Balaban J connectivity index is 1.02. The zero-order valence-electron chi connectivity index (χ0n) is 30.5. The zero-order valence-corrected chi connectivity index (χ0v) is 30.5. The predicted octanol–water partition coefficient (Wildman–Crippen LogP) is 13.0. The topological polar surface area (TPSA) is 61.7 Å². The smallest absolute Gasteiger partial charge is 0.164 e. The normalized spacial score (nSPS) is 11.9. The van der Waals surface area contributed by atoms with Gasteiger partial charge in [0.15, 0.2) is 17.5 Å². The maximum Gasteiger partial charge on any atom is 0.164 e. The summed E-state index contributed by atoms with van der Waals surface area (Å²) >= 11 is 0. The Hall–Kier alpha value is -7.83. The molecule has 12 rings (SSSR count). The molecule has 0 bridgehead atoms. The van der Waals surface area contributed by atoms with Crippen molar-refractivity contribution in [2.24, 2.45) is 0 Å². The van der Waals surface area contributed by atoms with Crippen LogP contribution in [0.3, 0.4) is 0 Å². The van der Waals surface area contributed by atoms with Gasteiger partial charge >= 0.3 is 0 Å². The van der Waals surface area contributed by atoms with Gasteiger partial charge in [0.05, 0.1) is 27.8 Å². The standard InChI is InChI=1S/C51H31N5O/c1-3-14-32(15-4-1)49-52-50(33-16-5-2-6-17-33)54-51(53-49)34-26-28-38-39-29-27-35(31-47(39)57-46(38)30-34)55-43-23-12-9-20-40(43)48-44(55)24-13-25-45(48)56-41-21-10-7-18-36(41)37-19-8-11-22-42(37)56/h1-31H. The van der Waals surface area contributed by atoms with Gasteiger partial charge in [0.1, 0.15) is 11.2 Å². The lowest BCUT2D eigenvalue weighted by Crippen LogP contribution is -2.00. The summed E-state index contributed by atoms with van der Waals surface area (Å²) in [6.07, 6.45) is 0. The summed E-state index contributed by atoms with van der Waals surface area (Å²) in [7, 11) is 0. The van der Waals surface area contributed by atoms with Gasteiger partial charge in [-0.3, -0.25) is 0 Å². The number of benzene rings is 8. The summed E-state index contributed by atoms with van der Waals surface area (Å²) in [6.45, 7) is 0. The average molecular weight is 730 g/mol. The van der Waals surface area contributed by atoms with Crippen molar-refractivity contribution in [2.45, 2.75) is 0 Å². The zero-order chi connectivity index (χ0) is 37.5. The third kappa shape index (κ3) is 4.87. The minimum absolute atomic E-state index is 0.593. The van der Waals surface area contributed by atoms with E-state index in [0.717, 1.165) is 61.0 Å². The molecule has 6 heteroatoms. The van der Waals surface area contributed by atoms with E-state index in [9.17, 15) is 0 Å². The van der Waals surface area contributed by atoms with Crippen molar-refractivity contribution in [2.75, 3.05) is 0 Å². The first-order valence-electron chi connectivity index (χ1n) is 19.1. The summed E-state index contributed by atoms with van der Waals surface area (Å²) in [5, 5.41) is 6.99. The Morgan fingerprint density at radius 3 is 1.46 bits per heavy atom. The molecule has 0 aliphatic carbocycles. The molecule has 0 radical (unpaired) electrons. The third-order valence-corrected chi connectivity index (χ3v) is 11.2. The highest BCUT2D eigenvalue weighted by Crippen LogP contribution is 2.41. The van der Waals surface area contributed by atoms with Gasteiger partial charge in [-0.05, 0) is 54.6 Å². The molecule has 0 unspecified atom stereocenters. The number of fused-ring (bicyclic) bond motifs is 9. The molecule has 0 spiro atoms. The SMILES string of the molecule is c1ccc(-c2nc(-c3ccccc3)nc(-c3ccc4c(c3)oc3cc(-n5c6ccccc6c6c(-n7c8ccccc8c8ccccc87)cccc65)ccc34)n2)cc1. The highest BCUT2D eigenvalue weighted by atomic mass is 16.3. The fourth-order valence-corrected chi connectivity index (χ4v) is 8.63. The van der Waals surface area contributed by atoms with Crippen molar-refractivity contribution in [1.82, 2.24) is 24.1 Å². The molecule has 4 aromatic heterocycles. The minimum atomic E-state index is 0.593. The van der Waals surface area contributed by atoms with E-state index in [4.69, 9.17) is 19.4 Å². The van der Waals surface area contributed by atoms with Gasteiger partial charge in [-0.15, -0.1) is 0 Å². The molecule has 0 aliphatic rings. The van der Waals surface area contributed by atoms with Crippen LogP contribution in [0.5, 0.6) is 0 Å². The molecular weight excluding hydrogens is 699 g/mol. The largest absolute Gasteiger partial charge is 0.456 e. The van der Waals surface area contributed by atoms with Gasteiger partial charge in [-0.25, -0.2) is 15.0 Å². The quantitative estimate of drug-likeness (QED) is 0.177. The van der Waals surface area contributed by atoms with Crippen LogP contribution in [-0.2, 0) is 0 Å². The number of aromatic nitrogens is 5. The second-order valence-corrected chi connectivity index (χ2v) is 14.4. The molecule has 0 aliphatic heterocycles. The van der Waals surface area contributed by atoms with Crippen molar-refractivity contribution in [1.29, 1.82) is 0 Å².